The average molecular weight is 502 g/mol. The van der Waals surface area contributed by atoms with Gasteiger partial charge in [-0.2, -0.15) is 0 Å². The third-order valence-corrected chi connectivity index (χ3v) is 7.31. The Balaban J connectivity index is 1.31. The number of carbonyl (C=O) groups excluding carboxylic acids is 1. The van der Waals surface area contributed by atoms with E-state index in [0.717, 1.165) is 86.2 Å². The number of fused-ring (bicyclic) bond motifs is 1. The number of rotatable bonds is 4. The molecule has 0 aliphatic carbocycles. The zero-order valence-electron chi connectivity index (χ0n) is 20.0. The van der Waals surface area contributed by atoms with Crippen molar-refractivity contribution in [1.82, 2.24) is 0 Å². The molecule has 3 heterocycles. The number of nitrogens with one attached hydrogen (secondary N) is 1. The first kappa shape index (κ1) is 23.1. The predicted octanol–water partition coefficient (Wildman–Crippen LogP) is 5.17. The average Bonchev–Trinajstić information content (AvgIpc) is 3.23. The molecule has 3 aromatic carbocycles. The van der Waals surface area contributed by atoms with Gasteiger partial charge >= 0.3 is 0 Å². The summed E-state index contributed by atoms with van der Waals surface area (Å²) in [6, 6.07) is 20.6. The van der Waals surface area contributed by atoms with E-state index in [1.165, 1.54) is 5.69 Å². The summed E-state index contributed by atoms with van der Waals surface area (Å²) < 4.78 is 10.9. The molecule has 184 valence electrons. The molecule has 36 heavy (non-hydrogen) atoms. The summed E-state index contributed by atoms with van der Waals surface area (Å²) >= 11 is 6.68. The molecule has 0 bridgehead atoms. The lowest BCUT2D eigenvalue weighted by atomic mass is 9.97. The highest BCUT2D eigenvalue weighted by Gasteiger charge is 2.26. The van der Waals surface area contributed by atoms with E-state index in [2.05, 4.69) is 51.5 Å². The van der Waals surface area contributed by atoms with Crippen LogP contribution >= 0.6 is 11.6 Å². The first-order chi connectivity index (χ1) is 17.7. The van der Waals surface area contributed by atoms with Crippen molar-refractivity contribution >= 4 is 46.2 Å². The summed E-state index contributed by atoms with van der Waals surface area (Å²) in [5.41, 5.74) is 7.50. The second kappa shape index (κ2) is 9.97. The first-order valence-electron chi connectivity index (χ1n) is 12.4. The molecule has 3 aliphatic heterocycles. The Labute approximate surface area is 216 Å². The first-order valence-corrected chi connectivity index (χ1v) is 12.8. The monoisotopic (exact) mass is 501 g/mol. The van der Waals surface area contributed by atoms with Crippen LogP contribution in [-0.2, 0) is 14.3 Å². The Hall–Kier alpha value is -3.32. The van der Waals surface area contributed by atoms with Crippen LogP contribution in [0.1, 0.15) is 11.1 Å². The number of nitrogens with zero attached hydrogens (tertiary/aromatic N) is 2. The minimum absolute atomic E-state index is 0.113. The van der Waals surface area contributed by atoms with Gasteiger partial charge in [-0.25, -0.2) is 0 Å². The van der Waals surface area contributed by atoms with Crippen molar-refractivity contribution in [2.75, 3.05) is 67.7 Å². The standard InChI is InChI=1S/C29H28ClN3O3/c30-27-19-28-25(18-24(27)21-4-6-22(7-5-21)32-8-12-35-13-9-32)26(29(34)31-28)17-20-2-1-3-23(16-20)33-10-14-36-15-11-33/h1-7,16-19H,8-15H2,(H,31,34). The summed E-state index contributed by atoms with van der Waals surface area (Å²) in [5.74, 6) is -0.113. The van der Waals surface area contributed by atoms with Crippen LogP contribution < -0.4 is 15.1 Å². The van der Waals surface area contributed by atoms with Crippen molar-refractivity contribution < 1.29 is 14.3 Å². The van der Waals surface area contributed by atoms with Gasteiger partial charge in [0.2, 0.25) is 0 Å². The highest BCUT2D eigenvalue weighted by Crippen LogP contribution is 2.41. The van der Waals surface area contributed by atoms with Crippen molar-refractivity contribution in [2.45, 2.75) is 0 Å². The Kier molecular flexibility index (Phi) is 6.40. The molecule has 0 radical (unpaired) electrons. The highest BCUT2D eigenvalue weighted by molar-refractivity contribution is 6.38. The second-order valence-electron chi connectivity index (χ2n) is 9.23. The van der Waals surface area contributed by atoms with Gasteiger partial charge in [-0.3, -0.25) is 4.79 Å². The summed E-state index contributed by atoms with van der Waals surface area (Å²) in [6.07, 6.45) is 1.96. The Morgan fingerprint density at radius 3 is 2.14 bits per heavy atom. The third kappa shape index (κ3) is 4.60. The van der Waals surface area contributed by atoms with Crippen LogP contribution in [0.25, 0.3) is 22.8 Å². The van der Waals surface area contributed by atoms with Gasteiger partial charge in [0.05, 0.1) is 37.1 Å². The van der Waals surface area contributed by atoms with Gasteiger partial charge in [0, 0.05) is 54.3 Å². The number of hydrogen-bond acceptors (Lipinski definition) is 5. The molecule has 3 aliphatic rings. The molecule has 0 saturated carbocycles. The Morgan fingerprint density at radius 1 is 0.778 bits per heavy atom. The van der Waals surface area contributed by atoms with Crippen molar-refractivity contribution in [3.63, 3.8) is 0 Å². The van der Waals surface area contributed by atoms with Gasteiger partial charge in [0.15, 0.2) is 0 Å². The molecule has 6 nitrogen and oxygen atoms in total. The topological polar surface area (TPSA) is 54.0 Å². The van der Waals surface area contributed by atoms with Gasteiger partial charge < -0.3 is 24.6 Å². The maximum atomic E-state index is 12.9. The van der Waals surface area contributed by atoms with Crippen LogP contribution in [0.15, 0.2) is 60.7 Å². The van der Waals surface area contributed by atoms with E-state index in [-0.39, 0.29) is 5.91 Å². The molecule has 0 spiro atoms. The number of morpholine rings is 2. The lowest BCUT2D eigenvalue weighted by molar-refractivity contribution is -0.110. The highest BCUT2D eigenvalue weighted by atomic mass is 35.5. The molecule has 2 saturated heterocycles. The minimum Gasteiger partial charge on any atom is -0.378 e. The van der Waals surface area contributed by atoms with Crippen LogP contribution in [0.2, 0.25) is 5.02 Å². The number of ether oxygens (including phenoxy) is 2. The van der Waals surface area contributed by atoms with Crippen molar-refractivity contribution in [3.05, 3.63) is 76.8 Å². The number of benzene rings is 3. The molecular weight excluding hydrogens is 474 g/mol. The minimum atomic E-state index is -0.113. The van der Waals surface area contributed by atoms with Gasteiger partial charge in [0.1, 0.15) is 0 Å². The quantitative estimate of drug-likeness (QED) is 0.500. The van der Waals surface area contributed by atoms with Gasteiger partial charge in [-0.15, -0.1) is 0 Å². The molecule has 2 fully saturated rings. The van der Waals surface area contributed by atoms with E-state index in [0.29, 0.717) is 10.6 Å². The largest absolute Gasteiger partial charge is 0.378 e. The van der Waals surface area contributed by atoms with Crippen LogP contribution in [0, 0.1) is 0 Å². The van der Waals surface area contributed by atoms with Gasteiger partial charge in [0.25, 0.3) is 5.91 Å². The summed E-state index contributed by atoms with van der Waals surface area (Å²) in [4.78, 5) is 17.6. The molecule has 1 N–H and O–H groups in total. The zero-order chi connectivity index (χ0) is 24.5. The van der Waals surface area contributed by atoms with Gasteiger partial charge in [-0.1, -0.05) is 35.9 Å². The number of hydrogen-bond donors (Lipinski definition) is 1. The van der Waals surface area contributed by atoms with E-state index in [1.807, 2.05) is 30.3 Å². The molecule has 7 heteroatoms. The number of amides is 1. The van der Waals surface area contributed by atoms with E-state index < -0.39 is 0 Å². The predicted molar refractivity (Wildman–Crippen MR) is 146 cm³/mol. The normalized spacial score (nSPS) is 18.9. The number of carbonyl (C=O) groups is 1. The van der Waals surface area contributed by atoms with Crippen LogP contribution in [0.5, 0.6) is 0 Å². The van der Waals surface area contributed by atoms with Crippen LogP contribution in [0.3, 0.4) is 0 Å². The SMILES string of the molecule is O=C1Nc2cc(Cl)c(-c3ccc(N4CCOCC4)cc3)cc2C1=Cc1cccc(N2CCOCC2)c1. The maximum absolute atomic E-state index is 12.9. The fraction of sp³-hybridized carbons (Fsp3) is 0.276. The molecule has 0 atom stereocenters. The van der Waals surface area contributed by atoms with E-state index in [1.54, 1.807) is 0 Å². The van der Waals surface area contributed by atoms with E-state index >= 15 is 0 Å². The van der Waals surface area contributed by atoms with Gasteiger partial charge in [-0.05, 0) is 53.6 Å². The van der Waals surface area contributed by atoms with Crippen LogP contribution in [0.4, 0.5) is 17.1 Å². The molecule has 1 amide bonds. The second-order valence-corrected chi connectivity index (χ2v) is 9.64. The van der Waals surface area contributed by atoms with E-state index in [4.69, 9.17) is 21.1 Å². The van der Waals surface area contributed by atoms with Crippen LogP contribution in [-0.4, -0.2) is 58.5 Å². The molecule has 6 rings (SSSR count). The maximum Gasteiger partial charge on any atom is 0.256 e. The van der Waals surface area contributed by atoms with Crippen molar-refractivity contribution in [2.24, 2.45) is 0 Å². The lowest BCUT2D eigenvalue weighted by Gasteiger charge is -2.29. The van der Waals surface area contributed by atoms with Crippen molar-refractivity contribution in [3.8, 4) is 11.1 Å². The fourth-order valence-electron chi connectivity index (χ4n) is 5.05. The number of halogens is 1. The molecular formula is C29H28ClN3O3. The summed E-state index contributed by atoms with van der Waals surface area (Å²) in [6.45, 7) is 6.51. The smallest absolute Gasteiger partial charge is 0.256 e. The fourth-order valence-corrected chi connectivity index (χ4v) is 5.32. The Bertz CT molecular complexity index is 1310. The lowest BCUT2D eigenvalue weighted by Crippen LogP contribution is -2.36. The zero-order valence-corrected chi connectivity index (χ0v) is 20.8. The molecule has 0 unspecified atom stereocenters. The molecule has 0 aromatic heterocycles. The number of anilines is 3. The summed E-state index contributed by atoms with van der Waals surface area (Å²) in [7, 11) is 0. The molecule has 3 aromatic rings. The van der Waals surface area contributed by atoms with E-state index in [9.17, 15) is 4.79 Å². The Morgan fingerprint density at radius 2 is 1.44 bits per heavy atom. The van der Waals surface area contributed by atoms with Crippen molar-refractivity contribution in [1.29, 1.82) is 0 Å². The summed E-state index contributed by atoms with van der Waals surface area (Å²) in [5, 5.41) is 3.59. The third-order valence-electron chi connectivity index (χ3n) is 7.00.